The Bertz CT molecular complexity index is 1830. The maximum atomic E-state index is 12.9. The number of hydrogen-bond donors (Lipinski definition) is 4. The number of halogens is 2. The van der Waals surface area contributed by atoms with Crippen LogP contribution < -0.4 is 26.1 Å². The lowest BCUT2D eigenvalue weighted by atomic mass is 9.99. The number of amides is 1. The van der Waals surface area contributed by atoms with E-state index in [1.165, 1.54) is 44.9 Å². The Morgan fingerprint density at radius 2 is 1.71 bits per heavy atom. The van der Waals surface area contributed by atoms with Crippen molar-refractivity contribution >= 4 is 51.8 Å². The average molecular weight is 654 g/mol. The van der Waals surface area contributed by atoms with Crippen LogP contribution in [0.25, 0.3) is 22.2 Å². The summed E-state index contributed by atoms with van der Waals surface area (Å²) in [6.45, 7) is 4.50. The minimum absolute atomic E-state index is 0.272. The summed E-state index contributed by atoms with van der Waals surface area (Å²) in [6, 6.07) is 7.70. The molecule has 45 heavy (non-hydrogen) atoms. The van der Waals surface area contributed by atoms with Gasteiger partial charge in [0, 0.05) is 61.5 Å². The highest BCUT2D eigenvalue weighted by atomic mass is 35.5. The largest absolute Gasteiger partial charge is 0.495 e. The summed E-state index contributed by atoms with van der Waals surface area (Å²) in [5, 5.41) is 3.27. The topological polar surface area (TPSA) is 173 Å². The maximum absolute atomic E-state index is 12.9. The van der Waals surface area contributed by atoms with E-state index in [4.69, 9.17) is 43.1 Å². The van der Waals surface area contributed by atoms with E-state index in [1.54, 1.807) is 24.4 Å². The number of anilines is 2. The van der Waals surface area contributed by atoms with Crippen molar-refractivity contribution in [2.45, 2.75) is 6.54 Å². The van der Waals surface area contributed by atoms with Crippen LogP contribution in [0.2, 0.25) is 10.0 Å². The molecule has 0 saturated carbocycles. The summed E-state index contributed by atoms with van der Waals surface area (Å²) in [5.41, 5.74) is 8.75. The van der Waals surface area contributed by atoms with Crippen LogP contribution in [-0.4, -0.2) is 76.2 Å². The summed E-state index contributed by atoms with van der Waals surface area (Å²) in [5.74, 6) is 0.817. The molecule has 0 atom stereocenters. The van der Waals surface area contributed by atoms with Gasteiger partial charge in [-0.1, -0.05) is 29.3 Å². The van der Waals surface area contributed by atoms with Gasteiger partial charge >= 0.3 is 0 Å². The number of nitrogens with two attached hydrogens (primary N) is 1. The van der Waals surface area contributed by atoms with Gasteiger partial charge in [-0.2, -0.15) is 0 Å². The van der Waals surface area contributed by atoms with Crippen molar-refractivity contribution in [2.24, 2.45) is 0 Å². The lowest BCUT2D eigenvalue weighted by molar-refractivity contribution is 0.0337. The molecule has 0 unspecified atom stereocenters. The number of nitrogens with zero attached hydrogens (tertiary/aromatic N) is 4. The number of aromatic nitrogens is 5. The molecular formula is C30H30Cl2N8O5. The second-order valence-electron chi connectivity index (χ2n) is 9.78. The molecular weight excluding hydrogens is 623 g/mol. The SMILES string of the molecule is COc1cc(OC)c(Cl)c(-c2ccc(C(=O)Nc3ccc(=O)[nH]c3)c3nccnc23)c1Cl.Nc1ncc(CN2CCOCC2)[nH]1. The number of rotatable bonds is 7. The Morgan fingerprint density at radius 3 is 2.31 bits per heavy atom. The van der Waals surface area contributed by atoms with Crippen molar-refractivity contribution in [3.8, 4) is 22.6 Å². The van der Waals surface area contributed by atoms with Crippen molar-refractivity contribution in [3.63, 3.8) is 0 Å². The molecule has 0 radical (unpaired) electrons. The van der Waals surface area contributed by atoms with Gasteiger partial charge in [0.05, 0.1) is 66.1 Å². The van der Waals surface area contributed by atoms with Crippen molar-refractivity contribution < 1.29 is 19.0 Å². The predicted molar refractivity (Wildman–Crippen MR) is 172 cm³/mol. The fraction of sp³-hybridized carbons (Fsp3) is 0.233. The zero-order valence-electron chi connectivity index (χ0n) is 24.4. The molecule has 0 bridgehead atoms. The third kappa shape index (κ3) is 7.35. The minimum atomic E-state index is -0.422. The zero-order chi connectivity index (χ0) is 31.9. The Hall–Kier alpha value is -4.69. The van der Waals surface area contributed by atoms with Gasteiger partial charge in [-0.3, -0.25) is 24.5 Å². The normalized spacial score (nSPS) is 13.2. The number of fused-ring (bicyclic) bond motifs is 1. The predicted octanol–water partition coefficient (Wildman–Crippen LogP) is 4.39. The van der Waals surface area contributed by atoms with E-state index in [9.17, 15) is 9.59 Å². The zero-order valence-corrected chi connectivity index (χ0v) is 25.9. The Balaban J connectivity index is 0.000000256. The van der Waals surface area contributed by atoms with Gasteiger partial charge in [-0.25, -0.2) is 4.98 Å². The van der Waals surface area contributed by atoms with E-state index in [1.807, 2.05) is 0 Å². The number of H-pyrrole nitrogens is 2. The van der Waals surface area contributed by atoms with E-state index in [0.29, 0.717) is 45.3 Å². The Labute approximate surface area is 267 Å². The highest BCUT2D eigenvalue weighted by molar-refractivity contribution is 6.41. The summed E-state index contributed by atoms with van der Waals surface area (Å²) in [4.78, 5) is 44.7. The van der Waals surface area contributed by atoms with Gasteiger partial charge in [0.25, 0.3) is 5.91 Å². The first-order valence-electron chi connectivity index (χ1n) is 13.7. The monoisotopic (exact) mass is 652 g/mol. The third-order valence-electron chi connectivity index (χ3n) is 6.90. The fourth-order valence-electron chi connectivity index (χ4n) is 4.71. The quantitative estimate of drug-likeness (QED) is 0.197. The number of nitrogen functional groups attached to an aromatic ring is 1. The van der Waals surface area contributed by atoms with E-state index in [0.717, 1.165) is 38.5 Å². The number of nitrogens with one attached hydrogen (secondary N) is 3. The summed E-state index contributed by atoms with van der Waals surface area (Å²) < 4.78 is 16.0. The summed E-state index contributed by atoms with van der Waals surface area (Å²) >= 11 is 13.2. The van der Waals surface area contributed by atoms with Crippen LogP contribution in [0.4, 0.5) is 11.6 Å². The number of morpholine rings is 1. The molecule has 3 aromatic heterocycles. The lowest BCUT2D eigenvalue weighted by Gasteiger charge is -2.25. The molecule has 15 heteroatoms. The molecule has 1 aliphatic heterocycles. The molecule has 1 amide bonds. The molecule has 0 aliphatic carbocycles. The number of methoxy groups -OCH3 is 2. The molecule has 5 N–H and O–H groups in total. The number of imidazole rings is 1. The summed E-state index contributed by atoms with van der Waals surface area (Å²) in [6.07, 6.45) is 6.18. The molecule has 6 rings (SSSR count). The number of benzene rings is 2. The van der Waals surface area contributed by atoms with Gasteiger partial charge in [0.15, 0.2) is 5.95 Å². The number of ether oxygens (including phenoxy) is 3. The molecule has 13 nitrogen and oxygen atoms in total. The summed E-state index contributed by atoms with van der Waals surface area (Å²) in [7, 11) is 2.97. The van der Waals surface area contributed by atoms with Crippen LogP contribution in [0.15, 0.2) is 59.9 Å². The second-order valence-corrected chi connectivity index (χ2v) is 10.5. The van der Waals surface area contributed by atoms with E-state index in [-0.39, 0.29) is 21.2 Å². The van der Waals surface area contributed by atoms with Crippen LogP contribution in [0.1, 0.15) is 16.1 Å². The van der Waals surface area contributed by atoms with Crippen molar-refractivity contribution in [2.75, 3.05) is 51.6 Å². The van der Waals surface area contributed by atoms with Gasteiger partial charge in [0.2, 0.25) is 5.56 Å². The molecule has 1 aliphatic rings. The maximum Gasteiger partial charge on any atom is 0.257 e. The van der Waals surface area contributed by atoms with Crippen LogP contribution in [0.5, 0.6) is 11.5 Å². The highest BCUT2D eigenvalue weighted by Crippen LogP contribution is 2.47. The molecule has 1 fully saturated rings. The lowest BCUT2D eigenvalue weighted by Crippen LogP contribution is -2.35. The molecule has 1 saturated heterocycles. The van der Waals surface area contributed by atoms with Gasteiger partial charge < -0.3 is 35.2 Å². The van der Waals surface area contributed by atoms with Gasteiger partial charge in [0.1, 0.15) is 17.0 Å². The number of aromatic amines is 2. The first kappa shape index (κ1) is 31.7. The molecule has 0 spiro atoms. The molecule has 4 heterocycles. The average Bonchev–Trinajstić information content (AvgIpc) is 3.47. The number of pyridine rings is 1. The second kappa shape index (κ2) is 14.4. The Kier molecular flexibility index (Phi) is 10.1. The van der Waals surface area contributed by atoms with Crippen LogP contribution in [0, 0.1) is 0 Å². The smallest absolute Gasteiger partial charge is 0.257 e. The number of hydrogen-bond acceptors (Lipinski definition) is 10. The van der Waals surface area contributed by atoms with Crippen LogP contribution in [-0.2, 0) is 11.3 Å². The van der Waals surface area contributed by atoms with Crippen molar-refractivity contribution in [1.82, 2.24) is 29.8 Å². The van der Waals surface area contributed by atoms with E-state index in [2.05, 4.69) is 35.1 Å². The van der Waals surface area contributed by atoms with E-state index >= 15 is 0 Å². The van der Waals surface area contributed by atoms with Gasteiger partial charge in [-0.15, -0.1) is 0 Å². The highest BCUT2D eigenvalue weighted by Gasteiger charge is 2.23. The van der Waals surface area contributed by atoms with Crippen molar-refractivity contribution in [3.05, 3.63) is 86.8 Å². The number of carbonyl (C=O) groups is 1. The standard InChI is InChI=1S/C22H16Cl2N4O4.C8H14N4O/c1-31-14-9-15(32-2)19(24)17(18(14)23)12-4-5-13(21-20(12)25-7-8-26-21)22(30)28-11-3-6-16(29)27-10-11;9-8-10-5-7(11-8)6-12-1-3-13-4-2-12/h3-10H,1-2H3,(H,27,29)(H,28,30);5H,1-4,6H2,(H3,9,10,11). The third-order valence-corrected chi connectivity index (χ3v) is 7.65. The molecule has 234 valence electrons. The van der Waals surface area contributed by atoms with Crippen molar-refractivity contribution in [1.29, 1.82) is 0 Å². The van der Waals surface area contributed by atoms with Crippen LogP contribution >= 0.6 is 23.2 Å². The first-order valence-corrected chi connectivity index (χ1v) is 14.5. The van der Waals surface area contributed by atoms with Crippen LogP contribution in [0.3, 0.4) is 0 Å². The van der Waals surface area contributed by atoms with E-state index < -0.39 is 5.91 Å². The minimum Gasteiger partial charge on any atom is -0.495 e. The fourth-order valence-corrected chi connectivity index (χ4v) is 5.41. The van der Waals surface area contributed by atoms with Gasteiger partial charge in [-0.05, 0) is 12.1 Å². The molecule has 5 aromatic rings. The first-order chi connectivity index (χ1) is 21.8. The molecule has 2 aromatic carbocycles. The Morgan fingerprint density at radius 1 is 1.02 bits per heavy atom. The number of carbonyl (C=O) groups excluding carboxylic acids is 1.